The quantitative estimate of drug-likeness (QED) is 0.701. The van der Waals surface area contributed by atoms with Gasteiger partial charge in [-0.1, -0.05) is 25.8 Å². The first-order chi connectivity index (χ1) is 6.79. The lowest BCUT2D eigenvalue weighted by Gasteiger charge is -2.11. The molecule has 0 spiro atoms. The minimum Gasteiger partial charge on any atom is -0.469 e. The van der Waals surface area contributed by atoms with Gasteiger partial charge in [0.15, 0.2) is 0 Å². The molecule has 78 valence electrons. The molecule has 1 heterocycles. The number of hydrogen-bond donors (Lipinski definition) is 0. The zero-order valence-electron chi connectivity index (χ0n) is 8.66. The Morgan fingerprint density at radius 2 is 2.43 bits per heavy atom. The van der Waals surface area contributed by atoms with Crippen LogP contribution in [0.1, 0.15) is 37.0 Å². The third-order valence-electron chi connectivity index (χ3n) is 2.22. The summed E-state index contributed by atoms with van der Waals surface area (Å²) in [5.41, 5.74) is 0. The van der Waals surface area contributed by atoms with Gasteiger partial charge in [0.2, 0.25) is 0 Å². The van der Waals surface area contributed by atoms with Gasteiger partial charge in [0, 0.05) is 4.88 Å². The molecule has 0 fully saturated rings. The Balaban J connectivity index is 2.67. The van der Waals surface area contributed by atoms with Crippen molar-refractivity contribution in [1.82, 2.24) is 0 Å². The van der Waals surface area contributed by atoms with Crippen LogP contribution in [0.4, 0.5) is 0 Å². The van der Waals surface area contributed by atoms with Gasteiger partial charge in [0.1, 0.15) is 0 Å². The van der Waals surface area contributed by atoms with Crippen molar-refractivity contribution < 1.29 is 9.53 Å². The van der Waals surface area contributed by atoms with Crippen molar-refractivity contribution in [2.75, 3.05) is 7.11 Å². The maximum Gasteiger partial charge on any atom is 0.313 e. The molecule has 14 heavy (non-hydrogen) atoms. The second kappa shape index (κ2) is 5.81. The van der Waals surface area contributed by atoms with Gasteiger partial charge < -0.3 is 4.74 Å². The van der Waals surface area contributed by atoms with Gasteiger partial charge in [-0.3, -0.25) is 4.79 Å². The minimum atomic E-state index is -0.110. The fraction of sp³-hybridized carbons (Fsp3) is 0.545. The SMILES string of the molecule is CCCCC(C(=O)OC)c1cccs1. The van der Waals surface area contributed by atoms with Crippen molar-refractivity contribution in [3.63, 3.8) is 0 Å². The highest BCUT2D eigenvalue weighted by Gasteiger charge is 2.21. The maximum atomic E-state index is 11.5. The van der Waals surface area contributed by atoms with Crippen LogP contribution < -0.4 is 0 Å². The lowest BCUT2D eigenvalue weighted by atomic mass is 10.0. The molecule has 0 N–H and O–H groups in total. The molecule has 0 aliphatic rings. The molecule has 1 aromatic rings. The van der Waals surface area contributed by atoms with Crippen LogP contribution in [0, 0.1) is 0 Å². The van der Waals surface area contributed by atoms with E-state index in [1.807, 2.05) is 17.5 Å². The van der Waals surface area contributed by atoms with E-state index in [1.54, 1.807) is 11.3 Å². The van der Waals surface area contributed by atoms with E-state index < -0.39 is 0 Å². The molecule has 1 rings (SSSR count). The average molecular weight is 212 g/mol. The Labute approximate surface area is 88.9 Å². The number of carbonyl (C=O) groups excluding carboxylic acids is 1. The molecular formula is C11H16O2S. The van der Waals surface area contributed by atoms with E-state index in [2.05, 4.69) is 6.92 Å². The highest BCUT2D eigenvalue weighted by molar-refractivity contribution is 7.10. The number of esters is 1. The summed E-state index contributed by atoms with van der Waals surface area (Å²) in [5, 5.41) is 2.00. The largest absolute Gasteiger partial charge is 0.469 e. The fourth-order valence-electron chi connectivity index (χ4n) is 1.42. The molecule has 3 heteroatoms. The molecular weight excluding hydrogens is 196 g/mol. The zero-order chi connectivity index (χ0) is 10.4. The van der Waals surface area contributed by atoms with Gasteiger partial charge >= 0.3 is 5.97 Å². The molecule has 1 aromatic heterocycles. The summed E-state index contributed by atoms with van der Waals surface area (Å²) in [6.45, 7) is 2.13. The zero-order valence-corrected chi connectivity index (χ0v) is 9.47. The van der Waals surface area contributed by atoms with Crippen molar-refractivity contribution in [3.8, 4) is 0 Å². The van der Waals surface area contributed by atoms with E-state index >= 15 is 0 Å². The van der Waals surface area contributed by atoms with Gasteiger partial charge in [-0.25, -0.2) is 0 Å². The third-order valence-corrected chi connectivity index (χ3v) is 3.20. The van der Waals surface area contributed by atoms with Crippen molar-refractivity contribution in [1.29, 1.82) is 0 Å². The van der Waals surface area contributed by atoms with E-state index in [0.29, 0.717) is 0 Å². The summed E-state index contributed by atoms with van der Waals surface area (Å²) in [5.74, 6) is -0.166. The van der Waals surface area contributed by atoms with Crippen molar-refractivity contribution in [2.24, 2.45) is 0 Å². The van der Waals surface area contributed by atoms with Gasteiger partial charge in [-0.15, -0.1) is 11.3 Å². The van der Waals surface area contributed by atoms with Crippen LogP contribution in [0.5, 0.6) is 0 Å². The van der Waals surface area contributed by atoms with E-state index in [1.165, 1.54) is 7.11 Å². The molecule has 0 radical (unpaired) electrons. The first-order valence-electron chi connectivity index (χ1n) is 4.90. The standard InChI is InChI=1S/C11H16O2S/c1-3-4-6-9(11(12)13-2)10-7-5-8-14-10/h5,7-9H,3-4,6H2,1-2H3. The van der Waals surface area contributed by atoms with Crippen LogP contribution in [-0.4, -0.2) is 13.1 Å². The number of methoxy groups -OCH3 is 1. The van der Waals surface area contributed by atoms with E-state index in [0.717, 1.165) is 24.1 Å². The normalized spacial score (nSPS) is 12.4. The summed E-state index contributed by atoms with van der Waals surface area (Å²) in [7, 11) is 1.45. The highest BCUT2D eigenvalue weighted by Crippen LogP contribution is 2.27. The number of thiophene rings is 1. The Morgan fingerprint density at radius 3 is 2.93 bits per heavy atom. The second-order valence-corrected chi connectivity index (χ2v) is 4.21. The molecule has 0 aromatic carbocycles. The molecule has 0 bridgehead atoms. The summed E-state index contributed by atoms with van der Waals surface area (Å²) < 4.78 is 4.80. The number of rotatable bonds is 5. The first-order valence-corrected chi connectivity index (χ1v) is 5.78. The Morgan fingerprint density at radius 1 is 1.64 bits per heavy atom. The fourth-order valence-corrected chi connectivity index (χ4v) is 2.27. The molecule has 1 unspecified atom stereocenters. The van der Waals surface area contributed by atoms with Gasteiger partial charge in [0.25, 0.3) is 0 Å². The second-order valence-electron chi connectivity index (χ2n) is 3.23. The average Bonchev–Trinajstić information content (AvgIpc) is 2.71. The van der Waals surface area contributed by atoms with E-state index in [4.69, 9.17) is 4.74 Å². The molecule has 0 aliphatic carbocycles. The smallest absolute Gasteiger partial charge is 0.313 e. The Bertz CT molecular complexity index is 267. The molecule has 0 saturated carbocycles. The van der Waals surface area contributed by atoms with E-state index in [9.17, 15) is 4.79 Å². The number of carbonyl (C=O) groups is 1. The summed E-state index contributed by atoms with van der Waals surface area (Å²) in [6, 6.07) is 3.98. The number of ether oxygens (including phenoxy) is 1. The Kier molecular flexibility index (Phi) is 4.66. The van der Waals surface area contributed by atoms with Gasteiger partial charge in [-0.2, -0.15) is 0 Å². The topological polar surface area (TPSA) is 26.3 Å². The molecule has 1 atom stereocenters. The van der Waals surface area contributed by atoms with Crippen LogP contribution in [0.3, 0.4) is 0 Å². The summed E-state index contributed by atoms with van der Waals surface area (Å²) >= 11 is 1.62. The highest BCUT2D eigenvalue weighted by atomic mass is 32.1. The van der Waals surface area contributed by atoms with Gasteiger partial charge in [-0.05, 0) is 17.9 Å². The van der Waals surface area contributed by atoms with Crippen molar-refractivity contribution in [3.05, 3.63) is 22.4 Å². The van der Waals surface area contributed by atoms with Crippen LogP contribution in [0.2, 0.25) is 0 Å². The van der Waals surface area contributed by atoms with Gasteiger partial charge in [0.05, 0.1) is 13.0 Å². The van der Waals surface area contributed by atoms with Crippen LogP contribution >= 0.6 is 11.3 Å². The van der Waals surface area contributed by atoms with Crippen LogP contribution in [0.15, 0.2) is 17.5 Å². The van der Waals surface area contributed by atoms with E-state index in [-0.39, 0.29) is 11.9 Å². The first kappa shape index (κ1) is 11.2. The molecule has 0 saturated heterocycles. The predicted molar refractivity (Wildman–Crippen MR) is 58.6 cm³/mol. The maximum absolute atomic E-state index is 11.5. The molecule has 0 aliphatic heterocycles. The predicted octanol–water partition coefficient (Wildman–Crippen LogP) is 3.19. The third kappa shape index (κ3) is 2.84. The summed E-state index contributed by atoms with van der Waals surface area (Å²) in [6.07, 6.45) is 3.07. The minimum absolute atomic E-state index is 0.0556. The van der Waals surface area contributed by atoms with Crippen molar-refractivity contribution >= 4 is 17.3 Å². The number of unbranched alkanes of at least 4 members (excludes halogenated alkanes) is 1. The Hall–Kier alpha value is -0.830. The van der Waals surface area contributed by atoms with Crippen molar-refractivity contribution in [2.45, 2.75) is 32.1 Å². The molecule has 0 amide bonds. The summed E-state index contributed by atoms with van der Waals surface area (Å²) in [4.78, 5) is 12.6. The number of hydrogen-bond acceptors (Lipinski definition) is 3. The molecule has 2 nitrogen and oxygen atoms in total. The monoisotopic (exact) mass is 212 g/mol. The lowest BCUT2D eigenvalue weighted by molar-refractivity contribution is -0.142. The van der Waals surface area contributed by atoms with Crippen LogP contribution in [0.25, 0.3) is 0 Å². The lowest BCUT2D eigenvalue weighted by Crippen LogP contribution is -2.13. The van der Waals surface area contributed by atoms with Crippen LogP contribution in [-0.2, 0) is 9.53 Å².